The van der Waals surface area contributed by atoms with Gasteiger partial charge in [0.1, 0.15) is 5.75 Å². The van der Waals surface area contributed by atoms with Gasteiger partial charge in [0.25, 0.3) is 0 Å². The number of rotatable bonds is 3. The lowest BCUT2D eigenvalue weighted by molar-refractivity contribution is -0.121. The van der Waals surface area contributed by atoms with Crippen LogP contribution in [0, 0.1) is 5.41 Å². The summed E-state index contributed by atoms with van der Waals surface area (Å²) < 4.78 is 5.25. The van der Waals surface area contributed by atoms with Crippen LogP contribution in [0.15, 0.2) is 60.1 Å². The van der Waals surface area contributed by atoms with E-state index in [0.29, 0.717) is 12.8 Å². The first-order chi connectivity index (χ1) is 13.4. The molecule has 2 aromatic rings. The lowest BCUT2D eigenvalue weighted by Crippen LogP contribution is -2.43. The van der Waals surface area contributed by atoms with Gasteiger partial charge in [-0.15, -0.1) is 0 Å². The van der Waals surface area contributed by atoms with Gasteiger partial charge in [0.15, 0.2) is 5.78 Å². The molecule has 0 radical (unpaired) electrons. The summed E-state index contributed by atoms with van der Waals surface area (Å²) in [5.74, 6) is 0.671. The first kappa shape index (κ1) is 18.4. The van der Waals surface area contributed by atoms with Crippen LogP contribution in [0.25, 0.3) is 0 Å². The number of anilines is 1. The third-order valence-electron chi connectivity index (χ3n) is 5.57. The Hall–Kier alpha value is -2.95. The normalized spacial score (nSPS) is 21.5. The second-order valence-electron chi connectivity index (χ2n) is 8.27. The molecule has 0 saturated heterocycles. The van der Waals surface area contributed by atoms with Crippen molar-refractivity contribution in [3.63, 3.8) is 0 Å². The highest BCUT2D eigenvalue weighted by Gasteiger charge is 2.44. The molecule has 1 aromatic heterocycles. The number of pyridine rings is 1. The van der Waals surface area contributed by atoms with Crippen LogP contribution < -0.4 is 9.64 Å². The Labute approximate surface area is 165 Å². The lowest BCUT2D eigenvalue weighted by Gasteiger charge is -2.42. The van der Waals surface area contributed by atoms with Crippen molar-refractivity contribution in [1.82, 2.24) is 4.98 Å². The predicted molar refractivity (Wildman–Crippen MR) is 107 cm³/mol. The van der Waals surface area contributed by atoms with E-state index >= 15 is 0 Å². The number of ketones is 1. The Morgan fingerprint density at radius 2 is 1.86 bits per heavy atom. The van der Waals surface area contributed by atoms with Crippen LogP contribution in [0.3, 0.4) is 0 Å². The average Bonchev–Trinajstić information content (AvgIpc) is 2.67. The molecule has 1 aromatic carbocycles. The summed E-state index contributed by atoms with van der Waals surface area (Å²) in [7, 11) is 1.62. The number of carbonyl (C=O) groups excluding carboxylic acids is 2. The molecule has 28 heavy (non-hydrogen) atoms. The van der Waals surface area contributed by atoms with E-state index in [1.165, 1.54) is 0 Å². The maximum Gasteiger partial charge on any atom is 0.232 e. The van der Waals surface area contributed by atoms with Crippen molar-refractivity contribution < 1.29 is 14.3 Å². The average molecular weight is 376 g/mol. The quantitative estimate of drug-likeness (QED) is 0.803. The summed E-state index contributed by atoms with van der Waals surface area (Å²) in [5, 5.41) is 0. The molecule has 1 amide bonds. The van der Waals surface area contributed by atoms with Crippen molar-refractivity contribution in [3.8, 4) is 5.75 Å². The minimum atomic E-state index is -0.218. The van der Waals surface area contributed by atoms with Gasteiger partial charge in [0, 0.05) is 36.2 Å². The van der Waals surface area contributed by atoms with Crippen molar-refractivity contribution in [2.45, 2.75) is 39.0 Å². The predicted octanol–water partition coefficient (Wildman–Crippen LogP) is 4.25. The van der Waals surface area contributed by atoms with Gasteiger partial charge in [0.05, 0.1) is 19.0 Å². The summed E-state index contributed by atoms with van der Waals surface area (Å²) in [6.45, 7) is 4.16. The van der Waals surface area contributed by atoms with E-state index in [0.717, 1.165) is 28.3 Å². The minimum absolute atomic E-state index is 0.00179. The van der Waals surface area contributed by atoms with E-state index in [-0.39, 0.29) is 29.4 Å². The standard InChI is InChI=1S/C23H24N2O3/c1-23(2)12-19-22(20(26)13-23)18(15-6-8-17(28-3)9-7-15)11-21(27)25(19)16-5-4-10-24-14-16/h4-10,14,18H,11-13H2,1-3H3. The largest absolute Gasteiger partial charge is 0.497 e. The van der Waals surface area contributed by atoms with Gasteiger partial charge in [-0.3, -0.25) is 19.5 Å². The molecule has 0 fully saturated rings. The number of carbonyl (C=O) groups is 2. The van der Waals surface area contributed by atoms with Crippen LogP contribution in [0.5, 0.6) is 5.75 Å². The molecule has 4 rings (SSSR count). The molecule has 0 spiro atoms. The van der Waals surface area contributed by atoms with Crippen molar-refractivity contribution in [3.05, 3.63) is 65.6 Å². The third-order valence-corrected chi connectivity index (χ3v) is 5.57. The number of aromatic nitrogens is 1. The summed E-state index contributed by atoms with van der Waals surface area (Å²) in [4.78, 5) is 32.3. The first-order valence-corrected chi connectivity index (χ1v) is 9.53. The summed E-state index contributed by atoms with van der Waals surface area (Å²) in [5.41, 5.74) is 3.11. The Morgan fingerprint density at radius 3 is 2.50 bits per heavy atom. The van der Waals surface area contributed by atoms with Gasteiger partial charge >= 0.3 is 0 Å². The van der Waals surface area contributed by atoms with Gasteiger partial charge in [0.2, 0.25) is 5.91 Å². The summed E-state index contributed by atoms with van der Waals surface area (Å²) in [6.07, 6.45) is 4.81. The number of hydrogen-bond donors (Lipinski definition) is 0. The van der Waals surface area contributed by atoms with Crippen molar-refractivity contribution in [2.75, 3.05) is 12.0 Å². The topological polar surface area (TPSA) is 59.5 Å². The molecule has 1 aliphatic carbocycles. The SMILES string of the molecule is COc1ccc(C2CC(=O)N(c3cccnc3)C3=C2C(=O)CC(C)(C)C3)cc1. The summed E-state index contributed by atoms with van der Waals surface area (Å²) >= 11 is 0. The van der Waals surface area contributed by atoms with E-state index < -0.39 is 0 Å². The zero-order valence-corrected chi connectivity index (χ0v) is 16.4. The fraction of sp³-hybridized carbons (Fsp3) is 0.348. The Balaban J connectivity index is 1.86. The van der Waals surface area contributed by atoms with E-state index in [4.69, 9.17) is 4.74 Å². The molecule has 1 atom stereocenters. The maximum atomic E-state index is 13.2. The number of allylic oxidation sites excluding steroid dienone is 2. The van der Waals surface area contributed by atoms with E-state index in [2.05, 4.69) is 18.8 Å². The number of methoxy groups -OCH3 is 1. The number of nitrogens with zero attached hydrogens (tertiary/aromatic N) is 2. The number of hydrogen-bond acceptors (Lipinski definition) is 4. The molecule has 2 heterocycles. The van der Waals surface area contributed by atoms with Gasteiger partial charge in [-0.1, -0.05) is 26.0 Å². The highest BCUT2D eigenvalue weighted by atomic mass is 16.5. The van der Waals surface area contributed by atoms with Crippen LogP contribution in [0.2, 0.25) is 0 Å². The Kier molecular flexibility index (Phi) is 4.53. The molecule has 0 N–H and O–H groups in total. The second kappa shape index (κ2) is 6.89. The molecule has 2 aliphatic rings. The zero-order chi connectivity index (χ0) is 19.9. The van der Waals surface area contributed by atoms with Crippen molar-refractivity contribution in [2.24, 2.45) is 5.41 Å². The first-order valence-electron chi connectivity index (χ1n) is 9.53. The van der Waals surface area contributed by atoms with Crippen molar-refractivity contribution in [1.29, 1.82) is 0 Å². The smallest absolute Gasteiger partial charge is 0.232 e. The van der Waals surface area contributed by atoms with Gasteiger partial charge in [-0.25, -0.2) is 0 Å². The number of Topliss-reactive ketones (excluding diaryl/α,β-unsaturated/α-hetero) is 1. The molecule has 5 heteroatoms. The van der Waals surface area contributed by atoms with E-state index in [9.17, 15) is 9.59 Å². The maximum absolute atomic E-state index is 13.2. The zero-order valence-electron chi connectivity index (χ0n) is 16.4. The van der Waals surface area contributed by atoms with Gasteiger partial charge < -0.3 is 4.74 Å². The Bertz CT molecular complexity index is 946. The van der Waals surface area contributed by atoms with Crippen LogP contribution in [0.1, 0.15) is 44.6 Å². The van der Waals surface area contributed by atoms with Crippen molar-refractivity contribution >= 4 is 17.4 Å². The molecule has 0 bridgehead atoms. The third kappa shape index (κ3) is 3.21. The molecule has 144 valence electrons. The highest BCUT2D eigenvalue weighted by molar-refractivity contribution is 6.07. The molecular formula is C23H24N2O3. The number of benzene rings is 1. The van der Waals surface area contributed by atoms with Crippen LogP contribution in [-0.4, -0.2) is 23.8 Å². The number of amides is 1. The fourth-order valence-corrected chi connectivity index (χ4v) is 4.32. The number of ether oxygens (including phenoxy) is 1. The molecule has 5 nitrogen and oxygen atoms in total. The second-order valence-corrected chi connectivity index (χ2v) is 8.27. The molecule has 1 aliphatic heterocycles. The molecular weight excluding hydrogens is 352 g/mol. The monoisotopic (exact) mass is 376 g/mol. The van der Waals surface area contributed by atoms with E-state index in [1.807, 2.05) is 36.4 Å². The fourth-order valence-electron chi connectivity index (χ4n) is 4.32. The highest BCUT2D eigenvalue weighted by Crippen LogP contribution is 2.48. The lowest BCUT2D eigenvalue weighted by atomic mass is 9.69. The van der Waals surface area contributed by atoms with Crippen LogP contribution >= 0.6 is 0 Å². The molecule has 0 saturated carbocycles. The van der Waals surface area contributed by atoms with E-state index in [1.54, 1.807) is 24.4 Å². The minimum Gasteiger partial charge on any atom is -0.497 e. The van der Waals surface area contributed by atoms with Gasteiger partial charge in [-0.2, -0.15) is 0 Å². The van der Waals surface area contributed by atoms with Crippen LogP contribution in [-0.2, 0) is 9.59 Å². The van der Waals surface area contributed by atoms with Gasteiger partial charge in [-0.05, 0) is 41.7 Å². The van der Waals surface area contributed by atoms with Crippen LogP contribution in [0.4, 0.5) is 5.69 Å². The Morgan fingerprint density at radius 1 is 1.11 bits per heavy atom. The summed E-state index contributed by atoms with van der Waals surface area (Å²) in [6, 6.07) is 11.3. The molecule has 1 unspecified atom stereocenters.